The maximum Gasteiger partial charge on any atom is 0.261 e. The van der Waals surface area contributed by atoms with E-state index < -0.39 is 6.23 Å². The van der Waals surface area contributed by atoms with E-state index in [0.717, 1.165) is 12.8 Å². The summed E-state index contributed by atoms with van der Waals surface area (Å²) in [6.45, 7) is 0.982. The highest BCUT2D eigenvalue weighted by atomic mass is 16.5. The molecule has 2 fully saturated rings. The molecule has 0 N–H and O–H groups in total. The molecule has 8 heteroatoms. The summed E-state index contributed by atoms with van der Waals surface area (Å²) in [5.41, 5.74) is 0.769. The third-order valence-corrected chi connectivity index (χ3v) is 5.30. The smallest absolute Gasteiger partial charge is 0.261 e. The topological polar surface area (TPSA) is 79.4 Å². The van der Waals surface area contributed by atoms with Gasteiger partial charge in [0.05, 0.1) is 17.7 Å². The molecule has 3 amide bonds. The molecule has 1 aromatic rings. The van der Waals surface area contributed by atoms with Crippen LogP contribution in [-0.2, 0) is 4.79 Å². The van der Waals surface area contributed by atoms with Crippen molar-refractivity contribution < 1.29 is 23.9 Å². The number of nitrogens with zero attached hydrogens (tertiary/aromatic N) is 3. The van der Waals surface area contributed by atoms with E-state index in [1.807, 2.05) is 0 Å². The normalized spacial score (nSPS) is 27.2. The first-order valence-electron chi connectivity index (χ1n) is 8.40. The molecule has 2 atom stereocenters. The van der Waals surface area contributed by atoms with Crippen LogP contribution in [0.4, 0.5) is 0 Å². The molecule has 4 heterocycles. The molecule has 0 aliphatic carbocycles. The van der Waals surface area contributed by atoms with Crippen LogP contribution in [-0.4, -0.2) is 71.6 Å². The first-order valence-corrected chi connectivity index (χ1v) is 8.40. The van der Waals surface area contributed by atoms with Crippen molar-refractivity contribution in [3.8, 4) is 11.5 Å². The van der Waals surface area contributed by atoms with E-state index in [2.05, 4.69) is 0 Å². The minimum Gasteiger partial charge on any atom is -0.470 e. The van der Waals surface area contributed by atoms with Crippen LogP contribution in [0.2, 0.25) is 0 Å². The Kier molecular flexibility index (Phi) is 2.84. The van der Waals surface area contributed by atoms with E-state index in [1.54, 1.807) is 29.0 Å². The van der Waals surface area contributed by atoms with Crippen LogP contribution in [0.5, 0.6) is 11.5 Å². The predicted molar refractivity (Wildman–Crippen MR) is 84.2 cm³/mol. The molecule has 2 unspecified atom stereocenters. The standard InChI is InChI=1S/C17H17N3O5/c1-18-8-15-20(7-13(18)21)17(23)10-6-11-9(5-12(10)25-15)16(22)19-4-2-3-14(19)24-11/h5-6,14-15H,2-4,7-8H2,1H3. The van der Waals surface area contributed by atoms with Gasteiger partial charge in [0.2, 0.25) is 5.91 Å². The molecule has 0 bridgehead atoms. The first-order chi connectivity index (χ1) is 12.0. The Bertz CT molecular complexity index is 823. The number of fused-ring (bicyclic) bond motifs is 4. The number of hydrogen-bond acceptors (Lipinski definition) is 5. The predicted octanol–water partition coefficient (Wildman–Crippen LogP) is 0.274. The van der Waals surface area contributed by atoms with Crippen molar-refractivity contribution in [3.05, 3.63) is 23.3 Å². The summed E-state index contributed by atoms with van der Waals surface area (Å²) in [5.74, 6) is 0.328. The van der Waals surface area contributed by atoms with Gasteiger partial charge < -0.3 is 19.3 Å². The van der Waals surface area contributed by atoms with Gasteiger partial charge in [0.25, 0.3) is 11.8 Å². The molecule has 0 saturated carbocycles. The highest BCUT2D eigenvalue weighted by molar-refractivity contribution is 6.04. The van der Waals surface area contributed by atoms with Crippen molar-refractivity contribution in [3.63, 3.8) is 0 Å². The highest BCUT2D eigenvalue weighted by Crippen LogP contribution is 2.40. The monoisotopic (exact) mass is 343 g/mol. The Labute approximate surface area is 143 Å². The van der Waals surface area contributed by atoms with Gasteiger partial charge in [-0.25, -0.2) is 0 Å². The SMILES string of the molecule is CN1CC2Oc3cc4c(cc3C(=O)N2CC1=O)OC1CCCN1C4=O. The number of carbonyl (C=O) groups is 3. The van der Waals surface area contributed by atoms with Gasteiger partial charge in [0.1, 0.15) is 18.0 Å². The van der Waals surface area contributed by atoms with Gasteiger partial charge in [-0.15, -0.1) is 0 Å². The quantitative estimate of drug-likeness (QED) is 0.676. The van der Waals surface area contributed by atoms with Crippen molar-refractivity contribution in [2.45, 2.75) is 25.3 Å². The number of hydrogen-bond donors (Lipinski definition) is 0. The van der Waals surface area contributed by atoms with Gasteiger partial charge in [0.15, 0.2) is 12.5 Å². The minimum atomic E-state index is -0.528. The van der Waals surface area contributed by atoms with Crippen LogP contribution in [0.25, 0.3) is 0 Å². The van der Waals surface area contributed by atoms with Gasteiger partial charge in [-0.3, -0.25) is 19.3 Å². The summed E-state index contributed by atoms with van der Waals surface area (Å²) >= 11 is 0. The molecular formula is C17H17N3O5. The number of rotatable bonds is 0. The number of benzene rings is 1. The highest BCUT2D eigenvalue weighted by Gasteiger charge is 2.43. The zero-order chi connectivity index (χ0) is 17.3. The molecule has 25 heavy (non-hydrogen) atoms. The number of carbonyl (C=O) groups excluding carboxylic acids is 3. The van der Waals surface area contributed by atoms with Crippen LogP contribution in [0, 0.1) is 0 Å². The summed E-state index contributed by atoms with van der Waals surface area (Å²) in [6, 6.07) is 3.19. The van der Waals surface area contributed by atoms with Crippen molar-refractivity contribution in [2.75, 3.05) is 26.7 Å². The molecule has 4 aliphatic heterocycles. The summed E-state index contributed by atoms with van der Waals surface area (Å²) < 4.78 is 11.9. The zero-order valence-electron chi connectivity index (χ0n) is 13.7. The Balaban J connectivity index is 1.56. The average molecular weight is 343 g/mol. The fourth-order valence-electron chi connectivity index (χ4n) is 3.89. The van der Waals surface area contributed by atoms with Crippen molar-refractivity contribution in [2.24, 2.45) is 0 Å². The first kappa shape index (κ1) is 14.6. The zero-order valence-corrected chi connectivity index (χ0v) is 13.7. The maximum absolute atomic E-state index is 12.8. The van der Waals surface area contributed by atoms with E-state index in [-0.39, 0.29) is 30.5 Å². The molecule has 130 valence electrons. The van der Waals surface area contributed by atoms with Gasteiger partial charge >= 0.3 is 0 Å². The van der Waals surface area contributed by atoms with E-state index in [0.29, 0.717) is 35.7 Å². The summed E-state index contributed by atoms with van der Waals surface area (Å²) in [7, 11) is 1.68. The summed E-state index contributed by atoms with van der Waals surface area (Å²) in [6.07, 6.45) is 0.918. The van der Waals surface area contributed by atoms with Gasteiger partial charge in [-0.1, -0.05) is 0 Å². The van der Waals surface area contributed by atoms with E-state index in [9.17, 15) is 14.4 Å². The average Bonchev–Trinajstić information content (AvgIpc) is 3.05. The molecule has 0 aromatic heterocycles. The van der Waals surface area contributed by atoms with Crippen LogP contribution in [0.1, 0.15) is 33.6 Å². The molecule has 5 rings (SSSR count). The lowest BCUT2D eigenvalue weighted by Gasteiger charge is -2.42. The van der Waals surface area contributed by atoms with E-state index in [4.69, 9.17) is 9.47 Å². The summed E-state index contributed by atoms with van der Waals surface area (Å²) in [4.78, 5) is 42.1. The minimum absolute atomic E-state index is 0.00723. The molecule has 4 aliphatic rings. The van der Waals surface area contributed by atoms with Crippen LogP contribution in [0.3, 0.4) is 0 Å². The third-order valence-electron chi connectivity index (χ3n) is 5.30. The lowest BCUT2D eigenvalue weighted by atomic mass is 10.0. The number of amides is 3. The molecular weight excluding hydrogens is 326 g/mol. The number of likely N-dealkylation sites (N-methyl/N-ethyl adjacent to an activating group) is 1. The fourth-order valence-corrected chi connectivity index (χ4v) is 3.89. The second kappa shape index (κ2) is 4.87. The van der Waals surface area contributed by atoms with Crippen molar-refractivity contribution in [1.82, 2.24) is 14.7 Å². The lowest BCUT2D eigenvalue weighted by Crippen LogP contribution is -2.60. The van der Waals surface area contributed by atoms with Crippen LogP contribution < -0.4 is 9.47 Å². The van der Waals surface area contributed by atoms with Crippen LogP contribution in [0.15, 0.2) is 12.1 Å². The second-order valence-electron chi connectivity index (χ2n) is 6.84. The number of ether oxygens (including phenoxy) is 2. The Hall–Kier alpha value is -2.77. The van der Waals surface area contributed by atoms with Crippen molar-refractivity contribution in [1.29, 1.82) is 0 Å². The Morgan fingerprint density at radius 2 is 1.60 bits per heavy atom. The van der Waals surface area contributed by atoms with Gasteiger partial charge in [-0.05, 0) is 18.6 Å². The molecule has 2 saturated heterocycles. The number of piperazine rings is 1. The van der Waals surface area contributed by atoms with Gasteiger partial charge in [-0.2, -0.15) is 0 Å². The van der Waals surface area contributed by atoms with E-state index in [1.165, 1.54) is 4.90 Å². The largest absolute Gasteiger partial charge is 0.470 e. The molecule has 0 spiro atoms. The van der Waals surface area contributed by atoms with Gasteiger partial charge in [0, 0.05) is 20.0 Å². The molecule has 1 aromatic carbocycles. The van der Waals surface area contributed by atoms with Crippen molar-refractivity contribution >= 4 is 17.7 Å². The molecule has 0 radical (unpaired) electrons. The maximum atomic E-state index is 12.8. The Morgan fingerprint density at radius 3 is 2.32 bits per heavy atom. The molecule has 8 nitrogen and oxygen atoms in total. The second-order valence-corrected chi connectivity index (χ2v) is 6.84. The van der Waals surface area contributed by atoms with E-state index >= 15 is 0 Å². The lowest BCUT2D eigenvalue weighted by molar-refractivity contribution is -0.141. The van der Waals surface area contributed by atoms with Crippen LogP contribution >= 0.6 is 0 Å². The third kappa shape index (κ3) is 1.96. The Morgan fingerprint density at radius 1 is 0.960 bits per heavy atom. The summed E-state index contributed by atoms with van der Waals surface area (Å²) in [5, 5.41) is 0. The fraction of sp³-hybridized carbons (Fsp3) is 0.471.